The Morgan fingerprint density at radius 1 is 0.658 bits per heavy atom. The highest BCUT2D eigenvalue weighted by Gasteiger charge is 2.49. The second-order valence-electron chi connectivity index (χ2n) is 10.3. The van der Waals surface area contributed by atoms with Crippen molar-refractivity contribution in [2.75, 3.05) is 0 Å². The number of sulfone groups is 1. The number of hydrogen-bond donors (Lipinski definition) is 0. The third kappa shape index (κ3) is 2.60. The number of aromatic nitrogens is 1. The zero-order valence-electron chi connectivity index (χ0n) is 20.7. The summed E-state index contributed by atoms with van der Waals surface area (Å²) in [6.07, 6.45) is 2.18. The normalized spacial score (nSPS) is 18.8. The van der Waals surface area contributed by atoms with Crippen LogP contribution in [0.2, 0.25) is 0 Å². The summed E-state index contributed by atoms with van der Waals surface area (Å²) in [5.74, 6) is 0. The second-order valence-corrected chi connectivity index (χ2v) is 12.2. The van der Waals surface area contributed by atoms with Gasteiger partial charge in [0.05, 0.1) is 20.8 Å². The Morgan fingerprint density at radius 3 is 2.05 bits per heavy atom. The van der Waals surface area contributed by atoms with E-state index in [1.807, 2.05) is 30.3 Å². The van der Waals surface area contributed by atoms with Gasteiger partial charge in [0.15, 0.2) is 0 Å². The Balaban J connectivity index is 1.39. The lowest BCUT2D eigenvalue weighted by Gasteiger charge is -2.37. The van der Waals surface area contributed by atoms with Crippen molar-refractivity contribution in [2.24, 2.45) is 0 Å². The predicted molar refractivity (Wildman–Crippen MR) is 153 cm³/mol. The minimum absolute atomic E-state index is 0.401. The number of benzene rings is 5. The van der Waals surface area contributed by atoms with Crippen molar-refractivity contribution < 1.29 is 8.42 Å². The van der Waals surface area contributed by atoms with Gasteiger partial charge in [0.1, 0.15) is 0 Å². The van der Waals surface area contributed by atoms with E-state index >= 15 is 0 Å². The first-order valence-corrected chi connectivity index (χ1v) is 14.3. The molecule has 0 fully saturated rings. The fourth-order valence-corrected chi connectivity index (χ4v) is 8.66. The first kappa shape index (κ1) is 21.7. The summed E-state index contributed by atoms with van der Waals surface area (Å²) in [6.45, 7) is 2.18. The highest BCUT2D eigenvalue weighted by molar-refractivity contribution is 7.91. The van der Waals surface area contributed by atoms with Gasteiger partial charge in [-0.2, -0.15) is 0 Å². The molecule has 0 amide bonds. The minimum Gasteiger partial charge on any atom is -0.309 e. The number of para-hydroxylation sites is 2. The predicted octanol–water partition coefficient (Wildman–Crippen LogP) is 7.79. The molecule has 0 N–H and O–H groups in total. The Hall–Kier alpha value is -4.41. The lowest BCUT2D eigenvalue weighted by atomic mass is 9.71. The molecule has 1 atom stereocenters. The fraction of sp³-hybridized carbons (Fsp3) is 0.0588. The van der Waals surface area contributed by atoms with Crippen LogP contribution in [0.3, 0.4) is 0 Å². The molecule has 0 saturated heterocycles. The number of hydrogen-bond acceptors (Lipinski definition) is 2. The average Bonchev–Trinajstić information content (AvgIpc) is 3.46. The van der Waals surface area contributed by atoms with Gasteiger partial charge in [0.2, 0.25) is 9.84 Å². The fourth-order valence-electron chi connectivity index (χ4n) is 6.76. The van der Waals surface area contributed by atoms with Gasteiger partial charge in [-0.3, -0.25) is 0 Å². The summed E-state index contributed by atoms with van der Waals surface area (Å²) >= 11 is 0. The molecular weight excluding hydrogens is 486 g/mol. The van der Waals surface area contributed by atoms with E-state index in [4.69, 9.17) is 0 Å². The number of allylic oxidation sites excluding steroid dienone is 1. The summed E-state index contributed by atoms with van der Waals surface area (Å²) in [7, 11) is -3.59. The molecule has 38 heavy (non-hydrogen) atoms. The molecule has 0 spiro atoms. The third-order valence-corrected chi connectivity index (χ3v) is 10.3. The largest absolute Gasteiger partial charge is 0.309 e. The van der Waals surface area contributed by atoms with Crippen LogP contribution in [0, 0.1) is 0 Å². The number of nitrogens with zero attached hydrogens (tertiary/aromatic N) is 1. The molecule has 0 bridgehead atoms. The summed E-state index contributed by atoms with van der Waals surface area (Å²) in [6, 6.07) is 38.8. The number of fused-ring (bicyclic) bond motifs is 5. The van der Waals surface area contributed by atoms with Crippen molar-refractivity contribution in [1.82, 2.24) is 4.57 Å². The van der Waals surface area contributed by atoms with E-state index in [0.717, 1.165) is 44.5 Å². The molecule has 6 aromatic rings. The van der Waals surface area contributed by atoms with Crippen molar-refractivity contribution in [1.29, 1.82) is 0 Å². The van der Waals surface area contributed by atoms with E-state index in [-0.39, 0.29) is 0 Å². The molecular formula is C34H23NO2S. The molecule has 1 aliphatic heterocycles. The van der Waals surface area contributed by atoms with Gasteiger partial charge >= 0.3 is 0 Å². The smallest absolute Gasteiger partial charge is 0.207 e. The maximum absolute atomic E-state index is 13.6. The Morgan fingerprint density at radius 2 is 1.29 bits per heavy atom. The summed E-state index contributed by atoms with van der Waals surface area (Å²) in [4.78, 5) is 0.819. The maximum atomic E-state index is 13.6. The highest BCUT2D eigenvalue weighted by Crippen LogP contribution is 2.57. The Bertz CT molecular complexity index is 2060. The molecule has 3 nitrogen and oxygen atoms in total. The third-order valence-electron chi connectivity index (χ3n) is 8.40. The Kier molecular flexibility index (Phi) is 4.18. The van der Waals surface area contributed by atoms with Gasteiger partial charge in [-0.05, 0) is 77.2 Å². The molecule has 182 valence electrons. The van der Waals surface area contributed by atoms with Crippen LogP contribution >= 0.6 is 0 Å². The van der Waals surface area contributed by atoms with Crippen molar-refractivity contribution in [3.05, 3.63) is 138 Å². The van der Waals surface area contributed by atoms with E-state index in [1.165, 1.54) is 10.8 Å². The van der Waals surface area contributed by atoms with E-state index < -0.39 is 15.3 Å². The van der Waals surface area contributed by atoms with Crippen molar-refractivity contribution in [3.8, 4) is 5.69 Å². The second kappa shape index (κ2) is 7.33. The molecule has 1 aromatic heterocycles. The van der Waals surface area contributed by atoms with Gasteiger partial charge in [-0.1, -0.05) is 78.9 Å². The lowest BCUT2D eigenvalue weighted by molar-refractivity contribution is 0.579. The molecule has 2 heterocycles. The molecule has 5 aromatic carbocycles. The van der Waals surface area contributed by atoms with Crippen LogP contribution < -0.4 is 0 Å². The molecule has 1 aliphatic carbocycles. The lowest BCUT2D eigenvalue weighted by Crippen LogP contribution is -2.32. The van der Waals surface area contributed by atoms with Crippen LogP contribution in [0.4, 0.5) is 0 Å². The summed E-state index contributed by atoms with van der Waals surface area (Å²) in [5, 5.41) is 2.45. The molecule has 0 radical (unpaired) electrons. The summed E-state index contributed by atoms with van der Waals surface area (Å²) in [5.41, 5.74) is 7.73. The van der Waals surface area contributed by atoms with Crippen LogP contribution in [0.5, 0.6) is 0 Å². The van der Waals surface area contributed by atoms with Crippen molar-refractivity contribution in [2.45, 2.75) is 22.1 Å². The van der Waals surface area contributed by atoms with Crippen LogP contribution in [-0.2, 0) is 15.3 Å². The first-order chi connectivity index (χ1) is 18.5. The monoisotopic (exact) mass is 509 g/mol. The summed E-state index contributed by atoms with van der Waals surface area (Å²) < 4.78 is 29.6. The van der Waals surface area contributed by atoms with E-state index in [1.54, 1.807) is 12.1 Å². The first-order valence-electron chi connectivity index (χ1n) is 12.8. The SMILES string of the molecule is C[C@@]12C(c3cccc(-n4c5ccccc5c5ccccc54)c3)=Cc3cccc(c31)S(=O)(=O)c1ccccc12. The zero-order valence-corrected chi connectivity index (χ0v) is 21.5. The van der Waals surface area contributed by atoms with Crippen LogP contribution in [0.25, 0.3) is 39.1 Å². The molecule has 0 unspecified atom stereocenters. The van der Waals surface area contributed by atoms with Gasteiger partial charge < -0.3 is 4.57 Å². The topological polar surface area (TPSA) is 39.1 Å². The maximum Gasteiger partial charge on any atom is 0.207 e. The average molecular weight is 510 g/mol. The van der Waals surface area contributed by atoms with Crippen molar-refractivity contribution >= 4 is 43.3 Å². The van der Waals surface area contributed by atoms with Crippen molar-refractivity contribution in [3.63, 3.8) is 0 Å². The van der Waals surface area contributed by atoms with Gasteiger partial charge in [0, 0.05) is 21.9 Å². The van der Waals surface area contributed by atoms with Gasteiger partial charge in [-0.15, -0.1) is 0 Å². The molecule has 8 rings (SSSR count). The van der Waals surface area contributed by atoms with Crippen LogP contribution in [0.15, 0.2) is 125 Å². The molecule has 4 heteroatoms. The van der Waals surface area contributed by atoms with E-state index in [9.17, 15) is 8.42 Å². The highest BCUT2D eigenvalue weighted by atomic mass is 32.2. The molecule has 0 saturated carbocycles. The quantitative estimate of drug-likeness (QED) is 0.239. The number of rotatable bonds is 2. The molecule has 2 aliphatic rings. The van der Waals surface area contributed by atoms with Crippen LogP contribution in [0.1, 0.15) is 29.2 Å². The van der Waals surface area contributed by atoms with E-state index in [0.29, 0.717) is 9.79 Å². The standard InChI is InChI=1S/C34H23NO2S/c1-34-27-15-4-7-18-31(27)38(36,37)32-19-9-11-23(33(32)34)21-28(34)22-10-8-12-24(20-22)35-29-16-5-2-13-25(29)26-14-3-6-17-30(26)35/h2-21H,1H3/t34-/m1/s1. The Labute approximate surface area is 221 Å². The zero-order chi connectivity index (χ0) is 25.6. The van der Waals surface area contributed by atoms with Crippen LogP contribution in [-0.4, -0.2) is 13.0 Å². The van der Waals surface area contributed by atoms with Gasteiger partial charge in [-0.25, -0.2) is 8.42 Å². The van der Waals surface area contributed by atoms with Gasteiger partial charge in [0.25, 0.3) is 0 Å². The minimum atomic E-state index is -3.59. The van der Waals surface area contributed by atoms with E-state index in [2.05, 4.69) is 90.4 Å².